The Kier molecular flexibility index (Phi) is 5.94. The van der Waals surface area contributed by atoms with Crippen molar-refractivity contribution in [3.63, 3.8) is 0 Å². The number of para-hydroxylation sites is 1. The van der Waals surface area contributed by atoms with Gasteiger partial charge in [0.25, 0.3) is 0 Å². The highest BCUT2D eigenvalue weighted by Crippen LogP contribution is 2.29. The second-order valence-electron chi connectivity index (χ2n) is 5.96. The van der Waals surface area contributed by atoms with E-state index in [4.69, 9.17) is 16.3 Å². The molecule has 27 heavy (non-hydrogen) atoms. The van der Waals surface area contributed by atoms with Crippen LogP contribution in [-0.2, 0) is 6.42 Å². The summed E-state index contributed by atoms with van der Waals surface area (Å²) in [6.45, 7) is 3.96. The Bertz CT molecular complexity index is 960. The van der Waals surface area contributed by atoms with Crippen LogP contribution in [-0.4, -0.2) is 11.0 Å². The van der Waals surface area contributed by atoms with Crippen LogP contribution in [0.4, 0.5) is 16.2 Å². The molecule has 0 aliphatic rings. The van der Waals surface area contributed by atoms with E-state index in [1.165, 1.54) is 0 Å². The van der Waals surface area contributed by atoms with E-state index >= 15 is 0 Å². The van der Waals surface area contributed by atoms with Crippen molar-refractivity contribution >= 4 is 29.0 Å². The Hall–Kier alpha value is -3.05. The average molecular weight is 382 g/mol. The van der Waals surface area contributed by atoms with Gasteiger partial charge in [-0.2, -0.15) is 0 Å². The number of nitrogens with one attached hydrogen (secondary N) is 2. The summed E-state index contributed by atoms with van der Waals surface area (Å²) in [6, 6.07) is 16.1. The number of hydrogen-bond donors (Lipinski definition) is 2. The molecule has 138 valence electrons. The number of rotatable bonds is 5. The van der Waals surface area contributed by atoms with Crippen molar-refractivity contribution in [3.05, 3.63) is 76.9 Å². The standard InChI is InChI=1S/C21H20ClN3O2/c1-3-15-7-4-5-9-19(15)27-20-18(8-6-12-23-20)25-21(26)24-16-11-10-14(2)17(22)13-16/h4-13H,3H2,1-2H3,(H2,24,25,26). The summed E-state index contributed by atoms with van der Waals surface area (Å²) >= 11 is 6.10. The molecule has 0 radical (unpaired) electrons. The summed E-state index contributed by atoms with van der Waals surface area (Å²) in [5.41, 5.74) is 3.08. The quantitative estimate of drug-likeness (QED) is 0.566. The molecule has 3 rings (SSSR count). The second-order valence-corrected chi connectivity index (χ2v) is 6.37. The molecule has 1 aromatic heterocycles. The van der Waals surface area contributed by atoms with Gasteiger partial charge in [-0.05, 0) is 54.8 Å². The van der Waals surface area contributed by atoms with E-state index in [2.05, 4.69) is 22.5 Å². The molecule has 1 heterocycles. The number of amides is 2. The van der Waals surface area contributed by atoms with Gasteiger partial charge in [0.15, 0.2) is 0 Å². The minimum Gasteiger partial charge on any atom is -0.437 e. The van der Waals surface area contributed by atoms with Crippen LogP contribution in [0.2, 0.25) is 5.02 Å². The van der Waals surface area contributed by atoms with Crippen LogP contribution >= 0.6 is 11.6 Å². The van der Waals surface area contributed by atoms with E-state index in [1.54, 1.807) is 30.5 Å². The highest BCUT2D eigenvalue weighted by Gasteiger charge is 2.12. The summed E-state index contributed by atoms with van der Waals surface area (Å²) in [7, 11) is 0. The van der Waals surface area contributed by atoms with Crippen LogP contribution < -0.4 is 15.4 Å². The summed E-state index contributed by atoms with van der Waals surface area (Å²) in [6.07, 6.45) is 2.45. The molecule has 0 atom stereocenters. The summed E-state index contributed by atoms with van der Waals surface area (Å²) in [4.78, 5) is 16.6. The lowest BCUT2D eigenvalue weighted by Gasteiger charge is -2.14. The van der Waals surface area contributed by atoms with E-state index in [0.717, 1.165) is 17.5 Å². The van der Waals surface area contributed by atoms with Gasteiger partial charge >= 0.3 is 6.03 Å². The van der Waals surface area contributed by atoms with Gasteiger partial charge < -0.3 is 15.4 Å². The highest BCUT2D eigenvalue weighted by molar-refractivity contribution is 6.31. The Morgan fingerprint density at radius 3 is 2.70 bits per heavy atom. The number of ether oxygens (including phenoxy) is 1. The van der Waals surface area contributed by atoms with Crippen LogP contribution in [0.3, 0.4) is 0 Å². The number of carbonyl (C=O) groups is 1. The zero-order valence-corrected chi connectivity index (χ0v) is 15.9. The van der Waals surface area contributed by atoms with E-state index in [-0.39, 0.29) is 0 Å². The number of nitrogens with zero attached hydrogens (tertiary/aromatic N) is 1. The molecule has 0 aliphatic carbocycles. The smallest absolute Gasteiger partial charge is 0.323 e. The highest BCUT2D eigenvalue weighted by atomic mass is 35.5. The van der Waals surface area contributed by atoms with Gasteiger partial charge in [-0.25, -0.2) is 9.78 Å². The largest absolute Gasteiger partial charge is 0.437 e. The number of aryl methyl sites for hydroxylation is 2. The number of halogens is 1. The van der Waals surface area contributed by atoms with Crippen molar-refractivity contribution in [1.82, 2.24) is 4.98 Å². The maximum Gasteiger partial charge on any atom is 0.323 e. The van der Waals surface area contributed by atoms with E-state index in [9.17, 15) is 4.79 Å². The molecule has 0 saturated carbocycles. The third kappa shape index (κ3) is 4.77. The number of carbonyl (C=O) groups excluding carboxylic acids is 1. The second kappa shape index (κ2) is 8.56. The van der Waals surface area contributed by atoms with Crippen LogP contribution in [0, 0.1) is 6.92 Å². The molecule has 0 bridgehead atoms. The van der Waals surface area contributed by atoms with E-state index in [1.807, 2.05) is 37.3 Å². The third-order valence-corrected chi connectivity index (χ3v) is 4.42. The maximum atomic E-state index is 12.4. The molecule has 0 unspecified atom stereocenters. The predicted octanol–water partition coefficient (Wildman–Crippen LogP) is 6.04. The topological polar surface area (TPSA) is 63.2 Å². The van der Waals surface area contributed by atoms with Crippen molar-refractivity contribution in [2.24, 2.45) is 0 Å². The minimum atomic E-state index is -0.406. The molecular weight excluding hydrogens is 362 g/mol. The lowest BCUT2D eigenvalue weighted by atomic mass is 10.1. The fraction of sp³-hybridized carbons (Fsp3) is 0.143. The first-order valence-corrected chi connectivity index (χ1v) is 8.99. The number of urea groups is 1. The van der Waals surface area contributed by atoms with Gasteiger partial charge in [0.2, 0.25) is 5.88 Å². The van der Waals surface area contributed by atoms with Gasteiger partial charge in [0, 0.05) is 16.9 Å². The van der Waals surface area contributed by atoms with Gasteiger partial charge in [0.1, 0.15) is 11.4 Å². The average Bonchev–Trinajstić information content (AvgIpc) is 2.67. The molecule has 2 N–H and O–H groups in total. The fourth-order valence-electron chi connectivity index (χ4n) is 2.52. The Morgan fingerprint density at radius 2 is 1.93 bits per heavy atom. The number of anilines is 2. The minimum absolute atomic E-state index is 0.329. The SMILES string of the molecule is CCc1ccccc1Oc1ncccc1NC(=O)Nc1ccc(C)c(Cl)c1. The lowest BCUT2D eigenvalue weighted by Crippen LogP contribution is -2.20. The molecule has 2 amide bonds. The van der Waals surface area contributed by atoms with Crippen molar-refractivity contribution < 1.29 is 9.53 Å². The zero-order valence-electron chi connectivity index (χ0n) is 15.1. The van der Waals surface area contributed by atoms with Gasteiger partial charge in [-0.3, -0.25) is 0 Å². The Labute approximate surface area is 163 Å². The molecule has 5 nitrogen and oxygen atoms in total. The van der Waals surface area contributed by atoms with Crippen LogP contribution in [0.5, 0.6) is 11.6 Å². The molecule has 0 aliphatic heterocycles. The summed E-state index contributed by atoms with van der Waals surface area (Å²) < 4.78 is 5.94. The number of pyridine rings is 1. The molecule has 0 spiro atoms. The number of benzene rings is 2. The third-order valence-electron chi connectivity index (χ3n) is 4.01. The molecule has 2 aromatic carbocycles. The molecule has 0 saturated heterocycles. The molecule has 0 fully saturated rings. The van der Waals surface area contributed by atoms with Crippen LogP contribution in [0.25, 0.3) is 0 Å². The van der Waals surface area contributed by atoms with Gasteiger partial charge in [-0.15, -0.1) is 0 Å². The molecule has 6 heteroatoms. The zero-order chi connectivity index (χ0) is 19.2. The molecule has 3 aromatic rings. The summed E-state index contributed by atoms with van der Waals surface area (Å²) in [5, 5.41) is 6.12. The number of hydrogen-bond acceptors (Lipinski definition) is 3. The van der Waals surface area contributed by atoms with Crippen molar-refractivity contribution in [3.8, 4) is 11.6 Å². The van der Waals surface area contributed by atoms with Crippen molar-refractivity contribution in [2.75, 3.05) is 10.6 Å². The van der Waals surface area contributed by atoms with E-state index < -0.39 is 6.03 Å². The normalized spacial score (nSPS) is 10.3. The first-order valence-electron chi connectivity index (χ1n) is 8.61. The molecular formula is C21H20ClN3O2. The van der Waals surface area contributed by atoms with E-state index in [0.29, 0.717) is 28.0 Å². The van der Waals surface area contributed by atoms with Gasteiger partial charge in [-0.1, -0.05) is 42.8 Å². The maximum absolute atomic E-state index is 12.4. The first-order chi connectivity index (χ1) is 13.1. The van der Waals surface area contributed by atoms with Crippen LogP contribution in [0.15, 0.2) is 60.8 Å². The fourth-order valence-corrected chi connectivity index (χ4v) is 2.70. The Balaban J connectivity index is 1.75. The van der Waals surface area contributed by atoms with Gasteiger partial charge in [0.05, 0.1) is 0 Å². The van der Waals surface area contributed by atoms with Crippen molar-refractivity contribution in [2.45, 2.75) is 20.3 Å². The Morgan fingerprint density at radius 1 is 1.11 bits per heavy atom. The van der Waals surface area contributed by atoms with Crippen molar-refractivity contribution in [1.29, 1.82) is 0 Å². The lowest BCUT2D eigenvalue weighted by molar-refractivity contribution is 0.262. The summed E-state index contributed by atoms with van der Waals surface area (Å²) in [5.74, 6) is 1.04. The monoisotopic (exact) mass is 381 g/mol. The first kappa shape index (κ1) is 18.7. The predicted molar refractivity (Wildman–Crippen MR) is 109 cm³/mol. The van der Waals surface area contributed by atoms with Crippen LogP contribution in [0.1, 0.15) is 18.1 Å². The number of aromatic nitrogens is 1.